The second-order valence-corrected chi connectivity index (χ2v) is 6.29. The lowest BCUT2D eigenvalue weighted by Crippen LogP contribution is -2.16. The predicted molar refractivity (Wildman–Crippen MR) is 112 cm³/mol. The third-order valence-electron chi connectivity index (χ3n) is 4.18. The van der Waals surface area contributed by atoms with E-state index in [1.165, 1.54) is 0 Å². The minimum absolute atomic E-state index is 0.289. The minimum atomic E-state index is -0.289. The first-order valence-electron chi connectivity index (χ1n) is 9.33. The van der Waals surface area contributed by atoms with Crippen molar-refractivity contribution in [2.24, 2.45) is 0 Å². The third-order valence-corrected chi connectivity index (χ3v) is 4.18. The van der Waals surface area contributed by atoms with Crippen LogP contribution in [0.1, 0.15) is 30.3 Å². The van der Waals surface area contributed by atoms with Crippen molar-refractivity contribution < 1.29 is 9.53 Å². The summed E-state index contributed by atoms with van der Waals surface area (Å²) < 4.78 is 5.14. The van der Waals surface area contributed by atoms with Gasteiger partial charge in [-0.2, -0.15) is 0 Å². The summed E-state index contributed by atoms with van der Waals surface area (Å²) in [6.45, 7) is 2.92. The maximum absolute atomic E-state index is 12.8. The molecule has 0 aliphatic rings. The van der Waals surface area contributed by atoms with Crippen LogP contribution in [0.5, 0.6) is 5.75 Å². The molecule has 0 bridgehead atoms. The molecule has 2 aromatic carbocycles. The van der Waals surface area contributed by atoms with Crippen LogP contribution in [0.4, 0.5) is 11.5 Å². The fraction of sp³-hybridized carbons (Fsp3) is 0.227. The molecule has 6 heteroatoms. The average Bonchev–Trinajstić information content (AvgIpc) is 2.75. The van der Waals surface area contributed by atoms with Crippen LogP contribution >= 0.6 is 0 Å². The van der Waals surface area contributed by atoms with E-state index in [4.69, 9.17) is 4.74 Å². The van der Waals surface area contributed by atoms with Crippen molar-refractivity contribution in [3.63, 3.8) is 0 Å². The van der Waals surface area contributed by atoms with Crippen LogP contribution in [-0.4, -0.2) is 29.5 Å². The highest BCUT2D eigenvalue weighted by molar-refractivity contribution is 6.03. The molecule has 0 saturated carbocycles. The first kappa shape index (κ1) is 19.4. The first-order valence-corrected chi connectivity index (χ1v) is 9.33. The van der Waals surface area contributed by atoms with Crippen LogP contribution in [-0.2, 0) is 0 Å². The summed E-state index contributed by atoms with van der Waals surface area (Å²) in [5.74, 6) is 1.60. The molecule has 6 nitrogen and oxygen atoms in total. The van der Waals surface area contributed by atoms with Gasteiger partial charge in [0.2, 0.25) is 0 Å². The Bertz CT molecular complexity index is 912. The summed E-state index contributed by atoms with van der Waals surface area (Å²) in [6.07, 6.45) is 2.10. The fourth-order valence-electron chi connectivity index (χ4n) is 2.63. The Morgan fingerprint density at radius 1 is 1.04 bits per heavy atom. The second kappa shape index (κ2) is 9.50. The number of carbonyl (C=O) groups is 1. The Labute approximate surface area is 165 Å². The summed E-state index contributed by atoms with van der Waals surface area (Å²) in [6, 6.07) is 18.5. The van der Waals surface area contributed by atoms with Crippen molar-refractivity contribution in [3.05, 3.63) is 66.4 Å². The number of aromatic nitrogens is 2. The Morgan fingerprint density at radius 3 is 2.46 bits per heavy atom. The molecule has 0 fully saturated rings. The Kier molecular flexibility index (Phi) is 6.57. The summed E-state index contributed by atoms with van der Waals surface area (Å²) in [4.78, 5) is 21.8. The van der Waals surface area contributed by atoms with E-state index in [1.54, 1.807) is 37.4 Å². The van der Waals surface area contributed by atoms with Crippen molar-refractivity contribution in [1.29, 1.82) is 0 Å². The lowest BCUT2D eigenvalue weighted by Gasteiger charge is -2.11. The van der Waals surface area contributed by atoms with E-state index < -0.39 is 0 Å². The number of rotatable bonds is 8. The molecule has 0 aliphatic heterocycles. The summed E-state index contributed by atoms with van der Waals surface area (Å²) in [5, 5.41) is 6.15. The van der Waals surface area contributed by atoms with Gasteiger partial charge in [-0.05, 0) is 30.7 Å². The molecule has 144 valence electrons. The monoisotopic (exact) mass is 376 g/mol. The minimum Gasteiger partial charge on any atom is -0.497 e. The molecule has 0 spiro atoms. The van der Waals surface area contributed by atoms with Crippen LogP contribution in [0.15, 0.2) is 60.7 Å². The van der Waals surface area contributed by atoms with E-state index in [2.05, 4.69) is 27.5 Å². The van der Waals surface area contributed by atoms with Crippen molar-refractivity contribution in [1.82, 2.24) is 9.97 Å². The van der Waals surface area contributed by atoms with Crippen molar-refractivity contribution >= 4 is 17.4 Å². The maximum atomic E-state index is 12.8. The highest BCUT2D eigenvalue weighted by atomic mass is 16.5. The van der Waals surface area contributed by atoms with E-state index in [1.807, 2.05) is 30.3 Å². The maximum Gasteiger partial charge on any atom is 0.274 e. The lowest BCUT2D eigenvalue weighted by atomic mass is 10.2. The van der Waals surface area contributed by atoms with Crippen LogP contribution in [0.3, 0.4) is 0 Å². The van der Waals surface area contributed by atoms with Gasteiger partial charge in [0.1, 0.15) is 17.3 Å². The standard InChI is InChI=1S/C22H24N4O2/c1-3-4-14-23-20-15-19(25-21(26-20)16-8-6-5-7-9-16)22(27)24-17-10-12-18(28-2)13-11-17/h5-13,15H,3-4,14H2,1-2H3,(H,24,27)(H,23,25,26). The number of anilines is 2. The van der Waals surface area contributed by atoms with E-state index in [-0.39, 0.29) is 5.91 Å². The number of unbranched alkanes of at least 4 members (excludes halogenated alkanes) is 1. The lowest BCUT2D eigenvalue weighted by molar-refractivity contribution is 0.102. The number of ether oxygens (including phenoxy) is 1. The number of hydrogen-bond acceptors (Lipinski definition) is 5. The van der Waals surface area contributed by atoms with E-state index >= 15 is 0 Å². The normalized spacial score (nSPS) is 10.4. The second-order valence-electron chi connectivity index (χ2n) is 6.29. The van der Waals surface area contributed by atoms with E-state index in [0.29, 0.717) is 23.0 Å². The van der Waals surface area contributed by atoms with Crippen LogP contribution in [0.2, 0.25) is 0 Å². The number of amides is 1. The van der Waals surface area contributed by atoms with Gasteiger partial charge in [0, 0.05) is 23.9 Å². The molecule has 3 rings (SSSR count). The zero-order valence-corrected chi connectivity index (χ0v) is 16.1. The molecule has 2 N–H and O–H groups in total. The van der Waals surface area contributed by atoms with Gasteiger partial charge in [0.15, 0.2) is 5.82 Å². The average molecular weight is 376 g/mol. The molecule has 0 aliphatic carbocycles. The Hall–Kier alpha value is -3.41. The van der Waals surface area contributed by atoms with Crippen molar-refractivity contribution in [3.8, 4) is 17.1 Å². The number of nitrogens with zero attached hydrogens (tertiary/aromatic N) is 2. The molecular weight excluding hydrogens is 352 g/mol. The quantitative estimate of drug-likeness (QED) is 0.561. The summed E-state index contributed by atoms with van der Waals surface area (Å²) >= 11 is 0. The first-order chi connectivity index (χ1) is 13.7. The van der Waals surface area contributed by atoms with Crippen molar-refractivity contribution in [2.75, 3.05) is 24.3 Å². The number of carbonyl (C=O) groups excluding carboxylic acids is 1. The topological polar surface area (TPSA) is 76.1 Å². The number of benzene rings is 2. The highest BCUT2D eigenvalue weighted by Gasteiger charge is 2.13. The van der Waals surface area contributed by atoms with Crippen LogP contribution in [0, 0.1) is 0 Å². The highest BCUT2D eigenvalue weighted by Crippen LogP contribution is 2.20. The summed E-state index contributed by atoms with van der Waals surface area (Å²) in [5.41, 5.74) is 1.84. The molecule has 1 heterocycles. The van der Waals surface area contributed by atoms with Gasteiger partial charge in [-0.25, -0.2) is 9.97 Å². The fourth-order valence-corrected chi connectivity index (χ4v) is 2.63. The van der Waals surface area contributed by atoms with Gasteiger partial charge in [-0.3, -0.25) is 4.79 Å². The molecule has 1 amide bonds. The molecule has 3 aromatic rings. The van der Waals surface area contributed by atoms with E-state index in [0.717, 1.165) is 30.7 Å². The Morgan fingerprint density at radius 2 is 1.79 bits per heavy atom. The molecule has 0 radical (unpaired) electrons. The molecule has 0 unspecified atom stereocenters. The zero-order valence-electron chi connectivity index (χ0n) is 16.1. The van der Waals surface area contributed by atoms with Crippen molar-refractivity contribution in [2.45, 2.75) is 19.8 Å². The molecule has 28 heavy (non-hydrogen) atoms. The van der Waals surface area contributed by atoms with Gasteiger partial charge in [0.25, 0.3) is 5.91 Å². The number of nitrogens with one attached hydrogen (secondary N) is 2. The SMILES string of the molecule is CCCCNc1cc(C(=O)Nc2ccc(OC)cc2)nc(-c2ccccc2)n1. The molecular formula is C22H24N4O2. The smallest absolute Gasteiger partial charge is 0.274 e. The number of methoxy groups -OCH3 is 1. The molecule has 0 atom stereocenters. The van der Waals surface area contributed by atoms with Gasteiger partial charge in [-0.1, -0.05) is 43.7 Å². The Balaban J connectivity index is 1.86. The summed E-state index contributed by atoms with van der Waals surface area (Å²) in [7, 11) is 1.60. The number of hydrogen-bond donors (Lipinski definition) is 2. The van der Waals surface area contributed by atoms with Gasteiger partial charge in [0.05, 0.1) is 7.11 Å². The molecule has 1 aromatic heterocycles. The molecule has 0 saturated heterocycles. The van der Waals surface area contributed by atoms with Gasteiger partial charge in [-0.15, -0.1) is 0 Å². The van der Waals surface area contributed by atoms with Crippen LogP contribution in [0.25, 0.3) is 11.4 Å². The third kappa shape index (κ3) is 5.07. The predicted octanol–water partition coefficient (Wildman–Crippen LogP) is 4.62. The van der Waals surface area contributed by atoms with Gasteiger partial charge >= 0.3 is 0 Å². The van der Waals surface area contributed by atoms with Gasteiger partial charge < -0.3 is 15.4 Å². The van der Waals surface area contributed by atoms with Crippen LogP contribution < -0.4 is 15.4 Å². The largest absolute Gasteiger partial charge is 0.497 e. The zero-order chi connectivity index (χ0) is 19.8. The van der Waals surface area contributed by atoms with E-state index in [9.17, 15) is 4.79 Å².